The number of ether oxygens (including phenoxy) is 1. The molecular formula is C17H13NO4. The topological polar surface area (TPSA) is 85.7 Å². The standard InChI is InChI=1S/C17H13NO4/c18-11-2-4-14-12(8-11)15(19)16(20)17(22-14)10-1-3-13-9(7-10)5-6-21-13/h1-4,7-8,20H,5-6,18H2. The van der Waals surface area contributed by atoms with E-state index >= 15 is 0 Å². The predicted octanol–water partition coefficient (Wildman–Crippen LogP) is 2.68. The minimum Gasteiger partial charge on any atom is -0.502 e. The van der Waals surface area contributed by atoms with Gasteiger partial charge in [-0.25, -0.2) is 0 Å². The van der Waals surface area contributed by atoms with Crippen molar-refractivity contribution in [3.63, 3.8) is 0 Å². The molecule has 0 atom stereocenters. The van der Waals surface area contributed by atoms with Crippen LogP contribution in [0.25, 0.3) is 22.3 Å². The van der Waals surface area contributed by atoms with Crippen LogP contribution in [-0.4, -0.2) is 11.7 Å². The summed E-state index contributed by atoms with van der Waals surface area (Å²) in [5.41, 5.74) is 7.72. The van der Waals surface area contributed by atoms with Crippen LogP contribution in [0.3, 0.4) is 0 Å². The molecule has 0 radical (unpaired) electrons. The van der Waals surface area contributed by atoms with Crippen molar-refractivity contribution in [3.8, 4) is 22.8 Å². The molecule has 0 saturated heterocycles. The Labute approximate surface area is 125 Å². The highest BCUT2D eigenvalue weighted by Gasteiger charge is 2.18. The second-order valence-corrected chi connectivity index (χ2v) is 5.29. The average molecular weight is 295 g/mol. The van der Waals surface area contributed by atoms with E-state index in [-0.39, 0.29) is 11.1 Å². The third-order valence-electron chi connectivity index (χ3n) is 3.84. The molecule has 110 valence electrons. The summed E-state index contributed by atoms with van der Waals surface area (Å²) in [7, 11) is 0. The van der Waals surface area contributed by atoms with Gasteiger partial charge in [-0.15, -0.1) is 0 Å². The van der Waals surface area contributed by atoms with Crippen molar-refractivity contribution in [2.24, 2.45) is 0 Å². The molecule has 22 heavy (non-hydrogen) atoms. The Balaban J connectivity index is 1.97. The number of benzene rings is 2. The first kappa shape index (κ1) is 12.8. The molecule has 0 saturated carbocycles. The average Bonchev–Trinajstić information content (AvgIpc) is 2.99. The van der Waals surface area contributed by atoms with Gasteiger partial charge in [0.05, 0.1) is 12.0 Å². The molecule has 1 aromatic heterocycles. The van der Waals surface area contributed by atoms with E-state index in [2.05, 4.69) is 0 Å². The molecule has 0 spiro atoms. The van der Waals surface area contributed by atoms with Gasteiger partial charge in [0, 0.05) is 17.7 Å². The zero-order valence-corrected chi connectivity index (χ0v) is 11.6. The first-order valence-electron chi connectivity index (χ1n) is 6.95. The lowest BCUT2D eigenvalue weighted by Gasteiger charge is -2.07. The number of hydrogen-bond acceptors (Lipinski definition) is 5. The van der Waals surface area contributed by atoms with Crippen molar-refractivity contribution in [1.82, 2.24) is 0 Å². The van der Waals surface area contributed by atoms with Gasteiger partial charge in [-0.3, -0.25) is 4.79 Å². The van der Waals surface area contributed by atoms with Crippen molar-refractivity contribution in [2.45, 2.75) is 6.42 Å². The lowest BCUT2D eigenvalue weighted by molar-refractivity contribution is 0.357. The summed E-state index contributed by atoms with van der Waals surface area (Å²) in [6, 6.07) is 10.3. The Kier molecular flexibility index (Phi) is 2.63. The number of hydrogen-bond donors (Lipinski definition) is 2. The first-order valence-corrected chi connectivity index (χ1v) is 6.95. The van der Waals surface area contributed by atoms with E-state index in [0.717, 1.165) is 17.7 Å². The lowest BCUT2D eigenvalue weighted by atomic mass is 10.1. The van der Waals surface area contributed by atoms with Crippen molar-refractivity contribution in [1.29, 1.82) is 0 Å². The van der Waals surface area contributed by atoms with Gasteiger partial charge in [-0.2, -0.15) is 0 Å². The van der Waals surface area contributed by atoms with E-state index in [1.807, 2.05) is 12.1 Å². The first-order chi connectivity index (χ1) is 10.6. The van der Waals surface area contributed by atoms with Gasteiger partial charge >= 0.3 is 0 Å². The van der Waals surface area contributed by atoms with Gasteiger partial charge in [0.25, 0.3) is 0 Å². The van der Waals surface area contributed by atoms with Crippen LogP contribution in [0.4, 0.5) is 5.69 Å². The highest BCUT2D eigenvalue weighted by Crippen LogP contribution is 2.34. The van der Waals surface area contributed by atoms with Gasteiger partial charge in [0.2, 0.25) is 11.2 Å². The normalized spacial score (nSPS) is 13.1. The number of nitrogen functional groups attached to an aromatic ring is 1. The molecule has 1 aliphatic heterocycles. The van der Waals surface area contributed by atoms with E-state index in [1.54, 1.807) is 18.2 Å². The van der Waals surface area contributed by atoms with Crippen LogP contribution >= 0.6 is 0 Å². The maximum Gasteiger partial charge on any atom is 0.235 e. The summed E-state index contributed by atoms with van der Waals surface area (Å²) >= 11 is 0. The van der Waals surface area contributed by atoms with Crippen LogP contribution in [0, 0.1) is 0 Å². The Morgan fingerprint density at radius 3 is 2.86 bits per heavy atom. The summed E-state index contributed by atoms with van der Waals surface area (Å²) in [5.74, 6) is 0.591. The van der Waals surface area contributed by atoms with Gasteiger partial charge < -0.3 is 20.0 Å². The largest absolute Gasteiger partial charge is 0.502 e. The Morgan fingerprint density at radius 2 is 2.00 bits per heavy atom. The second kappa shape index (κ2) is 4.53. The minimum atomic E-state index is -0.486. The highest BCUT2D eigenvalue weighted by molar-refractivity contribution is 5.84. The quantitative estimate of drug-likeness (QED) is 0.674. The van der Waals surface area contributed by atoms with Crippen molar-refractivity contribution in [3.05, 3.63) is 52.2 Å². The summed E-state index contributed by atoms with van der Waals surface area (Å²) in [5, 5.41) is 10.5. The molecule has 1 aliphatic rings. The second-order valence-electron chi connectivity index (χ2n) is 5.29. The fourth-order valence-electron chi connectivity index (χ4n) is 2.73. The van der Waals surface area contributed by atoms with Crippen molar-refractivity contribution >= 4 is 16.7 Å². The molecule has 5 nitrogen and oxygen atoms in total. The molecule has 2 aromatic carbocycles. The van der Waals surface area contributed by atoms with Crippen molar-refractivity contribution in [2.75, 3.05) is 12.3 Å². The predicted molar refractivity (Wildman–Crippen MR) is 83.2 cm³/mol. The molecule has 0 bridgehead atoms. The van der Waals surface area contributed by atoms with Gasteiger partial charge in [-0.1, -0.05) is 0 Å². The van der Waals surface area contributed by atoms with Gasteiger partial charge in [0.1, 0.15) is 11.3 Å². The molecule has 0 fully saturated rings. The monoisotopic (exact) mass is 295 g/mol. The molecule has 0 unspecified atom stereocenters. The molecule has 0 amide bonds. The maximum atomic E-state index is 12.3. The molecule has 2 heterocycles. The summed E-state index contributed by atoms with van der Waals surface area (Å²) in [6.45, 7) is 0.645. The number of fused-ring (bicyclic) bond motifs is 2. The molecule has 4 rings (SSSR count). The van der Waals surface area contributed by atoms with E-state index in [0.29, 0.717) is 23.4 Å². The maximum absolute atomic E-state index is 12.3. The fraction of sp³-hybridized carbons (Fsp3) is 0.118. The molecule has 3 aromatic rings. The van der Waals surface area contributed by atoms with Crippen LogP contribution in [-0.2, 0) is 6.42 Å². The Morgan fingerprint density at radius 1 is 1.14 bits per heavy atom. The third kappa shape index (κ3) is 1.83. The van der Waals surface area contributed by atoms with Crippen molar-refractivity contribution < 1.29 is 14.3 Å². The summed E-state index contributed by atoms with van der Waals surface area (Å²) in [6.07, 6.45) is 0.804. The number of anilines is 1. The number of nitrogens with two attached hydrogens (primary N) is 1. The number of aromatic hydroxyl groups is 1. The van der Waals surface area contributed by atoms with E-state index in [4.69, 9.17) is 14.9 Å². The van der Waals surface area contributed by atoms with Crippen LogP contribution < -0.4 is 15.9 Å². The Hall–Kier alpha value is -2.95. The lowest BCUT2D eigenvalue weighted by Crippen LogP contribution is -2.03. The minimum absolute atomic E-state index is 0.164. The third-order valence-corrected chi connectivity index (χ3v) is 3.84. The Bertz CT molecular complexity index is 959. The van der Waals surface area contributed by atoms with Crippen LogP contribution in [0.1, 0.15) is 5.56 Å². The molecule has 5 heteroatoms. The highest BCUT2D eigenvalue weighted by atomic mass is 16.5. The van der Waals surface area contributed by atoms with Gasteiger partial charge in [-0.05, 0) is 42.0 Å². The fourth-order valence-corrected chi connectivity index (χ4v) is 2.73. The SMILES string of the molecule is Nc1ccc2oc(-c3ccc4c(c3)CCO4)c(O)c(=O)c2c1. The summed E-state index contributed by atoms with van der Waals surface area (Å²) < 4.78 is 11.2. The van der Waals surface area contributed by atoms with E-state index in [1.165, 1.54) is 6.07 Å². The zero-order chi connectivity index (χ0) is 15.3. The molecule has 0 aliphatic carbocycles. The van der Waals surface area contributed by atoms with Crippen LogP contribution in [0.2, 0.25) is 0 Å². The number of rotatable bonds is 1. The van der Waals surface area contributed by atoms with E-state index in [9.17, 15) is 9.90 Å². The molecule has 3 N–H and O–H groups in total. The summed E-state index contributed by atoms with van der Waals surface area (Å²) in [4.78, 5) is 12.3. The van der Waals surface area contributed by atoms with Crippen LogP contribution in [0.5, 0.6) is 11.5 Å². The smallest absolute Gasteiger partial charge is 0.235 e. The van der Waals surface area contributed by atoms with Gasteiger partial charge in [0.15, 0.2) is 5.76 Å². The zero-order valence-electron chi connectivity index (χ0n) is 11.6. The van der Waals surface area contributed by atoms with Crippen LogP contribution in [0.15, 0.2) is 45.6 Å². The van der Waals surface area contributed by atoms with E-state index < -0.39 is 11.2 Å². The molecular weight excluding hydrogens is 282 g/mol.